The zero-order valence-corrected chi connectivity index (χ0v) is 10.0. The van der Waals surface area contributed by atoms with Crippen LogP contribution in [0.3, 0.4) is 0 Å². The van der Waals surface area contributed by atoms with Crippen LogP contribution in [0.4, 0.5) is 5.69 Å². The maximum Gasteiger partial charge on any atom is 0.120 e. The molecule has 0 aliphatic rings. The predicted molar refractivity (Wildman–Crippen MR) is 69.1 cm³/mol. The van der Waals surface area contributed by atoms with Gasteiger partial charge in [-0.25, -0.2) is 0 Å². The van der Waals surface area contributed by atoms with Gasteiger partial charge in [-0.2, -0.15) is 0 Å². The van der Waals surface area contributed by atoms with E-state index in [-0.39, 0.29) is 6.04 Å². The lowest BCUT2D eigenvalue weighted by atomic mass is 10.1. The van der Waals surface area contributed by atoms with Gasteiger partial charge in [-0.15, -0.1) is 0 Å². The van der Waals surface area contributed by atoms with Crippen LogP contribution in [0.15, 0.2) is 42.7 Å². The number of nitrogens with one attached hydrogen (secondary N) is 1. The van der Waals surface area contributed by atoms with Crippen molar-refractivity contribution in [3.63, 3.8) is 0 Å². The van der Waals surface area contributed by atoms with Crippen LogP contribution in [0.1, 0.15) is 24.1 Å². The van der Waals surface area contributed by atoms with E-state index >= 15 is 0 Å². The summed E-state index contributed by atoms with van der Waals surface area (Å²) in [4.78, 5) is 4.09. The second-order valence-electron chi connectivity index (χ2n) is 4.15. The number of hydrogen-bond donors (Lipinski definition) is 2. The molecule has 0 spiro atoms. The maximum atomic E-state index is 9.63. The third kappa shape index (κ3) is 2.75. The number of aromatic nitrogens is 1. The summed E-state index contributed by atoms with van der Waals surface area (Å²) < 4.78 is 0. The van der Waals surface area contributed by atoms with Crippen LogP contribution in [-0.4, -0.2) is 10.1 Å². The highest BCUT2D eigenvalue weighted by molar-refractivity contribution is 5.52. The van der Waals surface area contributed by atoms with Gasteiger partial charge >= 0.3 is 0 Å². The van der Waals surface area contributed by atoms with Gasteiger partial charge in [0.05, 0.1) is 6.04 Å². The molecule has 1 unspecified atom stereocenters. The fourth-order valence-electron chi connectivity index (χ4n) is 1.66. The zero-order chi connectivity index (χ0) is 12.3. The minimum atomic E-state index is 0.158. The Labute approximate surface area is 101 Å². The van der Waals surface area contributed by atoms with Crippen molar-refractivity contribution in [2.75, 3.05) is 5.32 Å². The first-order valence-corrected chi connectivity index (χ1v) is 5.63. The van der Waals surface area contributed by atoms with Crippen molar-refractivity contribution in [2.24, 2.45) is 0 Å². The van der Waals surface area contributed by atoms with Gasteiger partial charge in [0.1, 0.15) is 5.75 Å². The Morgan fingerprint density at radius 2 is 2.12 bits per heavy atom. The highest BCUT2D eigenvalue weighted by Gasteiger charge is 2.05. The number of phenols is 1. The van der Waals surface area contributed by atoms with Crippen LogP contribution >= 0.6 is 0 Å². The molecule has 1 aromatic heterocycles. The molecular weight excluding hydrogens is 212 g/mol. The summed E-state index contributed by atoms with van der Waals surface area (Å²) in [6.07, 6.45) is 3.60. The lowest BCUT2D eigenvalue weighted by molar-refractivity contribution is 0.471. The van der Waals surface area contributed by atoms with Crippen LogP contribution in [0, 0.1) is 6.92 Å². The van der Waals surface area contributed by atoms with E-state index in [9.17, 15) is 5.11 Å². The van der Waals surface area contributed by atoms with Crippen molar-refractivity contribution >= 4 is 5.69 Å². The Kier molecular flexibility index (Phi) is 3.28. The number of nitrogens with zero attached hydrogens (tertiary/aromatic N) is 1. The molecule has 0 amide bonds. The third-order valence-electron chi connectivity index (χ3n) is 2.78. The number of anilines is 1. The van der Waals surface area contributed by atoms with E-state index in [4.69, 9.17) is 0 Å². The van der Waals surface area contributed by atoms with E-state index in [1.807, 2.05) is 37.4 Å². The molecule has 0 aliphatic heterocycles. The lowest BCUT2D eigenvalue weighted by Crippen LogP contribution is -2.06. The average molecular weight is 228 g/mol. The van der Waals surface area contributed by atoms with Gasteiger partial charge in [0.25, 0.3) is 0 Å². The summed E-state index contributed by atoms with van der Waals surface area (Å²) in [5.74, 6) is 0.313. The highest BCUT2D eigenvalue weighted by atomic mass is 16.3. The van der Waals surface area contributed by atoms with E-state index < -0.39 is 0 Å². The SMILES string of the molecule is Cc1ccc(NC(C)c2cccnc2)cc1O. The van der Waals surface area contributed by atoms with E-state index in [0.717, 1.165) is 16.8 Å². The first kappa shape index (κ1) is 11.5. The molecule has 0 fully saturated rings. The molecule has 0 radical (unpaired) electrons. The van der Waals surface area contributed by atoms with E-state index in [1.165, 1.54) is 0 Å². The van der Waals surface area contributed by atoms with Crippen molar-refractivity contribution in [3.8, 4) is 5.75 Å². The second-order valence-corrected chi connectivity index (χ2v) is 4.15. The molecule has 2 rings (SSSR count). The average Bonchev–Trinajstić information content (AvgIpc) is 2.35. The number of aromatic hydroxyl groups is 1. The van der Waals surface area contributed by atoms with Gasteiger partial charge in [0.2, 0.25) is 0 Å². The van der Waals surface area contributed by atoms with Gasteiger partial charge in [-0.1, -0.05) is 12.1 Å². The summed E-state index contributed by atoms with van der Waals surface area (Å²) in [7, 11) is 0. The largest absolute Gasteiger partial charge is 0.508 e. The minimum Gasteiger partial charge on any atom is -0.508 e. The van der Waals surface area contributed by atoms with Gasteiger partial charge in [0.15, 0.2) is 0 Å². The van der Waals surface area contributed by atoms with Crippen molar-refractivity contribution in [1.29, 1.82) is 0 Å². The molecule has 0 saturated heterocycles. The topological polar surface area (TPSA) is 45.2 Å². The molecule has 3 nitrogen and oxygen atoms in total. The number of hydrogen-bond acceptors (Lipinski definition) is 3. The summed E-state index contributed by atoms with van der Waals surface area (Å²) in [6.45, 7) is 3.94. The number of rotatable bonds is 3. The number of benzene rings is 1. The lowest BCUT2D eigenvalue weighted by Gasteiger charge is -2.15. The third-order valence-corrected chi connectivity index (χ3v) is 2.78. The van der Waals surface area contributed by atoms with Gasteiger partial charge < -0.3 is 10.4 Å². The van der Waals surface area contributed by atoms with Crippen molar-refractivity contribution in [3.05, 3.63) is 53.9 Å². The highest BCUT2D eigenvalue weighted by Crippen LogP contribution is 2.24. The predicted octanol–water partition coefficient (Wildman–Crippen LogP) is 3.27. The van der Waals surface area contributed by atoms with Crippen LogP contribution < -0.4 is 5.32 Å². The summed E-state index contributed by atoms with van der Waals surface area (Å²) in [5, 5.41) is 13.0. The first-order chi connectivity index (χ1) is 8.16. The number of phenolic OH excluding ortho intramolecular Hbond substituents is 1. The molecule has 17 heavy (non-hydrogen) atoms. The fourth-order valence-corrected chi connectivity index (χ4v) is 1.66. The molecule has 2 aromatic rings. The van der Waals surface area contributed by atoms with Crippen LogP contribution in [0.5, 0.6) is 5.75 Å². The quantitative estimate of drug-likeness (QED) is 0.847. The number of pyridine rings is 1. The Hall–Kier alpha value is -2.03. The Bertz CT molecular complexity index is 497. The van der Waals surface area contributed by atoms with E-state index in [0.29, 0.717) is 5.75 Å². The molecule has 0 bridgehead atoms. The van der Waals surface area contributed by atoms with Gasteiger partial charge in [-0.3, -0.25) is 4.98 Å². The minimum absolute atomic E-state index is 0.158. The summed E-state index contributed by atoms with van der Waals surface area (Å²) >= 11 is 0. The van der Waals surface area contributed by atoms with Gasteiger partial charge in [-0.05, 0) is 37.1 Å². The molecule has 88 valence electrons. The molecule has 1 aromatic carbocycles. The Balaban J connectivity index is 2.13. The van der Waals surface area contributed by atoms with Crippen LogP contribution in [0.2, 0.25) is 0 Å². The van der Waals surface area contributed by atoms with Gasteiger partial charge in [0, 0.05) is 24.1 Å². The van der Waals surface area contributed by atoms with Crippen molar-refractivity contribution in [2.45, 2.75) is 19.9 Å². The fraction of sp³-hybridized carbons (Fsp3) is 0.214. The molecule has 0 saturated carbocycles. The maximum absolute atomic E-state index is 9.63. The Morgan fingerprint density at radius 1 is 1.29 bits per heavy atom. The molecule has 3 heteroatoms. The second kappa shape index (κ2) is 4.87. The normalized spacial score (nSPS) is 12.1. The Morgan fingerprint density at radius 3 is 2.76 bits per heavy atom. The van der Waals surface area contributed by atoms with Crippen molar-refractivity contribution < 1.29 is 5.11 Å². The van der Waals surface area contributed by atoms with E-state index in [2.05, 4.69) is 17.2 Å². The molecule has 1 atom stereocenters. The zero-order valence-electron chi connectivity index (χ0n) is 10.0. The van der Waals surface area contributed by atoms with Crippen LogP contribution in [-0.2, 0) is 0 Å². The molecule has 0 aliphatic carbocycles. The summed E-state index contributed by atoms with van der Waals surface area (Å²) in [6, 6.07) is 9.70. The van der Waals surface area contributed by atoms with Crippen molar-refractivity contribution in [1.82, 2.24) is 4.98 Å². The summed E-state index contributed by atoms with van der Waals surface area (Å²) in [5.41, 5.74) is 2.90. The molecule has 2 N–H and O–H groups in total. The standard InChI is InChI=1S/C14H16N2O/c1-10-5-6-13(8-14(10)17)16-11(2)12-4-3-7-15-9-12/h3-9,11,16-17H,1-2H3. The van der Waals surface area contributed by atoms with Crippen LogP contribution in [0.25, 0.3) is 0 Å². The number of aryl methyl sites for hydroxylation is 1. The monoisotopic (exact) mass is 228 g/mol. The molecular formula is C14H16N2O. The van der Waals surface area contributed by atoms with E-state index in [1.54, 1.807) is 12.3 Å². The smallest absolute Gasteiger partial charge is 0.120 e. The first-order valence-electron chi connectivity index (χ1n) is 5.63. The molecule has 1 heterocycles.